The maximum Gasteiger partial charge on any atom is 0.332 e. The molecule has 7 heteroatoms. The fraction of sp³-hybridized carbons (Fsp3) is 0.583. The third-order valence-electron chi connectivity index (χ3n) is 3.19. The monoisotopic (exact) mass is 330 g/mol. The molecule has 0 saturated heterocycles. The molecule has 0 amide bonds. The minimum absolute atomic E-state index is 0.0777. The van der Waals surface area contributed by atoms with Gasteiger partial charge < -0.3 is 9.47 Å². The maximum absolute atomic E-state index is 11.0. The molecule has 2 unspecified atom stereocenters. The Hall–Kier alpha value is -1.21. The van der Waals surface area contributed by atoms with Crippen LogP contribution in [0.4, 0.5) is 5.69 Å². The van der Waals surface area contributed by atoms with E-state index in [9.17, 15) is 10.1 Å². The van der Waals surface area contributed by atoms with E-state index >= 15 is 0 Å². The summed E-state index contributed by atoms with van der Waals surface area (Å²) in [5, 5.41) is 11.0. The topological polar surface area (TPSA) is 74.5 Å². The Labute approximate surface area is 119 Å². The lowest BCUT2D eigenvalue weighted by Crippen LogP contribution is -2.29. The quantitative estimate of drug-likeness (QED) is 0.626. The predicted octanol–water partition coefficient (Wildman–Crippen LogP) is 3.09. The minimum Gasteiger partial charge on any atom is -0.469 e. The van der Waals surface area contributed by atoms with Crippen LogP contribution in [0.1, 0.15) is 25.7 Å². The van der Waals surface area contributed by atoms with Crippen molar-refractivity contribution in [3.63, 3.8) is 0 Å². The Morgan fingerprint density at radius 3 is 2.89 bits per heavy atom. The van der Waals surface area contributed by atoms with Crippen molar-refractivity contribution in [1.29, 1.82) is 0 Å². The van der Waals surface area contributed by atoms with Crippen molar-refractivity contribution in [3.8, 4) is 5.88 Å². The Morgan fingerprint density at radius 1 is 1.47 bits per heavy atom. The fourth-order valence-corrected chi connectivity index (χ4v) is 2.54. The van der Waals surface area contributed by atoms with Crippen molar-refractivity contribution in [2.24, 2.45) is 0 Å². The molecular weight excluding hydrogens is 316 g/mol. The standard InChI is InChI=1S/C12H15BrN2O4/c1-18-9-3-2-4-10(6-9)19-12-11(15(16)17)5-8(13)7-14-12/h5,7,9-10H,2-4,6H2,1H3. The highest BCUT2D eigenvalue weighted by atomic mass is 79.9. The molecule has 0 aromatic carbocycles. The lowest BCUT2D eigenvalue weighted by Gasteiger charge is -2.28. The Kier molecular flexibility index (Phi) is 4.71. The molecule has 2 atom stereocenters. The number of pyridine rings is 1. The summed E-state index contributed by atoms with van der Waals surface area (Å²) in [4.78, 5) is 14.5. The van der Waals surface area contributed by atoms with Crippen molar-refractivity contribution >= 4 is 21.6 Å². The number of hydrogen-bond acceptors (Lipinski definition) is 5. The second-order valence-corrected chi connectivity index (χ2v) is 5.41. The van der Waals surface area contributed by atoms with Gasteiger partial charge in [0.25, 0.3) is 5.88 Å². The van der Waals surface area contributed by atoms with Crippen molar-refractivity contribution in [2.75, 3.05) is 7.11 Å². The molecule has 1 aromatic heterocycles. The predicted molar refractivity (Wildman–Crippen MR) is 72.3 cm³/mol. The molecule has 19 heavy (non-hydrogen) atoms. The molecular formula is C12H15BrN2O4. The van der Waals surface area contributed by atoms with Crippen LogP contribution in [0.5, 0.6) is 5.88 Å². The Bertz CT molecular complexity index is 469. The molecule has 6 nitrogen and oxygen atoms in total. The maximum atomic E-state index is 11.0. The van der Waals surface area contributed by atoms with E-state index in [0.717, 1.165) is 25.7 Å². The van der Waals surface area contributed by atoms with E-state index in [1.54, 1.807) is 7.11 Å². The van der Waals surface area contributed by atoms with Gasteiger partial charge in [-0.3, -0.25) is 10.1 Å². The Morgan fingerprint density at radius 2 is 2.21 bits per heavy atom. The van der Waals surface area contributed by atoms with E-state index in [0.29, 0.717) is 4.47 Å². The number of halogens is 1. The van der Waals surface area contributed by atoms with Crippen LogP contribution in [0.3, 0.4) is 0 Å². The highest BCUT2D eigenvalue weighted by molar-refractivity contribution is 9.10. The van der Waals surface area contributed by atoms with Gasteiger partial charge in [0, 0.05) is 30.3 Å². The molecule has 1 saturated carbocycles. The number of aromatic nitrogens is 1. The van der Waals surface area contributed by atoms with Gasteiger partial charge in [-0.1, -0.05) is 0 Å². The zero-order chi connectivity index (χ0) is 13.8. The third kappa shape index (κ3) is 3.63. The molecule has 1 heterocycles. The summed E-state index contributed by atoms with van der Waals surface area (Å²) in [7, 11) is 1.67. The van der Waals surface area contributed by atoms with Crippen LogP contribution in [0.15, 0.2) is 16.7 Å². The first-order chi connectivity index (χ1) is 9.10. The molecule has 1 aromatic rings. The first-order valence-electron chi connectivity index (χ1n) is 6.09. The molecule has 0 bridgehead atoms. The number of nitro groups is 1. The number of hydrogen-bond donors (Lipinski definition) is 0. The van der Waals surface area contributed by atoms with Crippen LogP contribution < -0.4 is 4.74 Å². The van der Waals surface area contributed by atoms with Crippen LogP contribution in [0, 0.1) is 10.1 Å². The van der Waals surface area contributed by atoms with Crippen LogP contribution in [0.25, 0.3) is 0 Å². The first kappa shape index (κ1) is 14.2. The lowest BCUT2D eigenvalue weighted by atomic mass is 9.95. The van der Waals surface area contributed by atoms with Crippen LogP contribution in [-0.4, -0.2) is 29.2 Å². The SMILES string of the molecule is COC1CCCC(Oc2ncc(Br)cc2[N+](=O)[O-])C1. The molecule has 2 rings (SSSR count). The normalized spacial score (nSPS) is 23.1. The van der Waals surface area contributed by atoms with Crippen molar-refractivity contribution in [2.45, 2.75) is 37.9 Å². The lowest BCUT2D eigenvalue weighted by molar-refractivity contribution is -0.386. The van der Waals surface area contributed by atoms with Gasteiger partial charge in [0.15, 0.2) is 0 Å². The average Bonchev–Trinajstić information content (AvgIpc) is 2.41. The first-order valence-corrected chi connectivity index (χ1v) is 6.89. The van der Waals surface area contributed by atoms with Gasteiger partial charge >= 0.3 is 5.69 Å². The molecule has 0 N–H and O–H groups in total. The van der Waals surface area contributed by atoms with Crippen LogP contribution >= 0.6 is 15.9 Å². The summed E-state index contributed by atoms with van der Waals surface area (Å²) in [5.74, 6) is 0.0787. The summed E-state index contributed by atoms with van der Waals surface area (Å²) in [6, 6.07) is 1.40. The second-order valence-electron chi connectivity index (χ2n) is 4.50. The summed E-state index contributed by atoms with van der Waals surface area (Å²) in [6.07, 6.45) is 5.19. The summed E-state index contributed by atoms with van der Waals surface area (Å²) in [6.45, 7) is 0. The van der Waals surface area contributed by atoms with Crippen LogP contribution in [-0.2, 0) is 4.74 Å². The van der Waals surface area contributed by atoms with Gasteiger partial charge in [-0.25, -0.2) is 4.98 Å². The van der Waals surface area contributed by atoms with Crippen molar-refractivity contribution < 1.29 is 14.4 Å². The fourth-order valence-electron chi connectivity index (χ4n) is 2.22. The number of methoxy groups -OCH3 is 1. The van der Waals surface area contributed by atoms with E-state index in [-0.39, 0.29) is 23.8 Å². The zero-order valence-electron chi connectivity index (χ0n) is 10.5. The van der Waals surface area contributed by atoms with Crippen LogP contribution in [0.2, 0.25) is 0 Å². The van der Waals surface area contributed by atoms with Gasteiger partial charge in [0.05, 0.1) is 11.0 Å². The van der Waals surface area contributed by atoms with Gasteiger partial charge in [-0.2, -0.15) is 0 Å². The molecule has 104 valence electrons. The van der Waals surface area contributed by atoms with Gasteiger partial charge in [0.2, 0.25) is 0 Å². The highest BCUT2D eigenvalue weighted by Crippen LogP contribution is 2.31. The minimum atomic E-state index is -0.482. The summed E-state index contributed by atoms with van der Waals surface area (Å²) < 4.78 is 11.6. The number of ether oxygens (including phenoxy) is 2. The van der Waals surface area contributed by atoms with Crippen molar-refractivity contribution in [3.05, 3.63) is 26.9 Å². The Balaban J connectivity index is 2.12. The smallest absolute Gasteiger partial charge is 0.332 e. The molecule has 1 aliphatic carbocycles. The molecule has 0 aliphatic heterocycles. The molecule has 1 fully saturated rings. The van der Waals surface area contributed by atoms with Gasteiger partial charge in [-0.05, 0) is 35.2 Å². The van der Waals surface area contributed by atoms with E-state index in [1.165, 1.54) is 12.3 Å². The number of rotatable bonds is 4. The summed E-state index contributed by atoms with van der Waals surface area (Å²) in [5.41, 5.74) is -0.117. The average molecular weight is 331 g/mol. The zero-order valence-corrected chi connectivity index (χ0v) is 12.1. The number of nitrogens with zero attached hydrogens (tertiary/aromatic N) is 2. The van der Waals surface area contributed by atoms with E-state index in [4.69, 9.17) is 9.47 Å². The van der Waals surface area contributed by atoms with E-state index in [1.807, 2.05) is 0 Å². The largest absolute Gasteiger partial charge is 0.469 e. The third-order valence-corrected chi connectivity index (χ3v) is 3.62. The second kappa shape index (κ2) is 6.29. The molecule has 1 aliphatic rings. The van der Waals surface area contributed by atoms with Gasteiger partial charge in [-0.15, -0.1) is 0 Å². The molecule has 0 spiro atoms. The van der Waals surface area contributed by atoms with E-state index in [2.05, 4.69) is 20.9 Å². The summed E-state index contributed by atoms with van der Waals surface area (Å²) >= 11 is 3.17. The van der Waals surface area contributed by atoms with Gasteiger partial charge in [0.1, 0.15) is 6.10 Å². The van der Waals surface area contributed by atoms with E-state index < -0.39 is 4.92 Å². The highest BCUT2D eigenvalue weighted by Gasteiger charge is 2.26. The molecule has 0 radical (unpaired) electrons. The van der Waals surface area contributed by atoms with Crippen molar-refractivity contribution in [1.82, 2.24) is 4.98 Å².